The van der Waals surface area contributed by atoms with Gasteiger partial charge in [0.05, 0.1) is 9.95 Å². The third-order valence-corrected chi connectivity index (χ3v) is 3.71. The highest BCUT2D eigenvalue weighted by atomic mass is 35.5. The van der Waals surface area contributed by atoms with Gasteiger partial charge >= 0.3 is 5.69 Å². The van der Waals surface area contributed by atoms with Crippen LogP contribution in [0.15, 0.2) is 12.3 Å². The Bertz CT molecular complexity index is 475. The number of pyridine rings is 1. The molecule has 6 nitrogen and oxygen atoms in total. The monoisotopic (exact) mass is 298 g/mol. The highest BCUT2D eigenvalue weighted by molar-refractivity contribution is 6.30. The van der Waals surface area contributed by atoms with Gasteiger partial charge < -0.3 is 10.2 Å². The van der Waals surface area contributed by atoms with E-state index in [9.17, 15) is 10.1 Å². The zero-order chi connectivity index (χ0) is 14.5. The Kier molecular flexibility index (Phi) is 5.14. The van der Waals surface area contributed by atoms with Crippen LogP contribution in [0.3, 0.4) is 0 Å². The smallest absolute Gasteiger partial charge is 0.312 e. The van der Waals surface area contributed by atoms with Crippen LogP contribution in [0.1, 0.15) is 26.2 Å². The normalized spacial score (nSPS) is 17.1. The van der Waals surface area contributed by atoms with Gasteiger partial charge in [0, 0.05) is 31.4 Å². The molecule has 0 aliphatic carbocycles. The van der Waals surface area contributed by atoms with Gasteiger partial charge in [-0.15, -0.1) is 0 Å². The Morgan fingerprint density at radius 1 is 1.55 bits per heavy atom. The summed E-state index contributed by atoms with van der Waals surface area (Å²) in [4.78, 5) is 17.0. The van der Waals surface area contributed by atoms with E-state index in [1.54, 1.807) is 0 Å². The first-order valence-electron chi connectivity index (χ1n) is 6.89. The molecule has 0 aromatic carbocycles. The number of nitrogens with one attached hydrogen (secondary N) is 1. The van der Waals surface area contributed by atoms with Crippen molar-refractivity contribution in [1.82, 2.24) is 9.88 Å². The van der Waals surface area contributed by atoms with E-state index in [0.717, 1.165) is 38.9 Å². The molecule has 110 valence electrons. The quantitative estimate of drug-likeness (QED) is 0.668. The molecular formula is C13H19ClN4O2. The maximum atomic E-state index is 11.0. The molecule has 7 heteroatoms. The number of hydrogen-bond acceptors (Lipinski definition) is 5. The zero-order valence-electron chi connectivity index (χ0n) is 11.5. The molecule has 1 fully saturated rings. The molecule has 2 heterocycles. The Hall–Kier alpha value is -1.40. The second-order valence-electron chi connectivity index (χ2n) is 5.04. The Labute approximate surface area is 123 Å². The van der Waals surface area contributed by atoms with Crippen LogP contribution >= 0.6 is 11.6 Å². The molecule has 1 aromatic rings. The fourth-order valence-electron chi connectivity index (χ4n) is 2.49. The van der Waals surface area contributed by atoms with Gasteiger partial charge in [-0.05, 0) is 25.8 Å². The van der Waals surface area contributed by atoms with E-state index in [1.165, 1.54) is 12.3 Å². The van der Waals surface area contributed by atoms with Gasteiger partial charge in [0.15, 0.2) is 0 Å². The van der Waals surface area contributed by atoms with E-state index in [1.807, 2.05) is 0 Å². The van der Waals surface area contributed by atoms with Crippen LogP contribution in [0, 0.1) is 10.1 Å². The molecule has 1 aliphatic rings. The van der Waals surface area contributed by atoms with Gasteiger partial charge in [0.1, 0.15) is 0 Å². The summed E-state index contributed by atoms with van der Waals surface area (Å²) < 4.78 is 0. The molecule has 0 radical (unpaired) electrons. The van der Waals surface area contributed by atoms with E-state index >= 15 is 0 Å². The number of hydrogen-bond donors (Lipinski definition) is 1. The van der Waals surface area contributed by atoms with Gasteiger partial charge in [-0.25, -0.2) is 4.98 Å². The number of aromatic nitrogens is 1. The molecule has 0 bridgehead atoms. The summed E-state index contributed by atoms with van der Waals surface area (Å²) in [5.41, 5.74) is -0.0616. The SMILES string of the molecule is CCCN1CCC(Nc2ncc(Cl)cc2[N+](=O)[O-])CC1. The lowest BCUT2D eigenvalue weighted by Crippen LogP contribution is -2.39. The summed E-state index contributed by atoms with van der Waals surface area (Å²) in [5.74, 6) is 0.313. The van der Waals surface area contributed by atoms with E-state index in [-0.39, 0.29) is 16.8 Å². The van der Waals surface area contributed by atoms with E-state index in [4.69, 9.17) is 11.6 Å². The van der Waals surface area contributed by atoms with Crippen LogP contribution in [-0.2, 0) is 0 Å². The molecule has 0 atom stereocenters. The summed E-state index contributed by atoms with van der Waals surface area (Å²) in [6.07, 6.45) is 4.54. The van der Waals surface area contributed by atoms with Crippen molar-refractivity contribution < 1.29 is 4.92 Å². The first kappa shape index (κ1) is 15.0. The van der Waals surface area contributed by atoms with E-state index in [0.29, 0.717) is 5.82 Å². The minimum absolute atomic E-state index is 0.0616. The first-order chi connectivity index (χ1) is 9.60. The summed E-state index contributed by atoms with van der Waals surface area (Å²) in [5, 5.41) is 14.5. The number of anilines is 1. The number of rotatable bonds is 5. The second kappa shape index (κ2) is 6.85. The molecule has 0 amide bonds. The average Bonchev–Trinajstić information content (AvgIpc) is 2.43. The van der Waals surface area contributed by atoms with Crippen molar-refractivity contribution >= 4 is 23.1 Å². The van der Waals surface area contributed by atoms with Crippen LogP contribution in [0.2, 0.25) is 5.02 Å². The molecule has 0 saturated carbocycles. The molecule has 1 aliphatic heterocycles. The third-order valence-electron chi connectivity index (χ3n) is 3.50. The van der Waals surface area contributed by atoms with Crippen molar-refractivity contribution in [3.8, 4) is 0 Å². The fraction of sp³-hybridized carbons (Fsp3) is 0.615. The molecule has 1 N–H and O–H groups in total. The molecule has 0 unspecified atom stereocenters. The number of halogens is 1. The number of nitro groups is 1. The third kappa shape index (κ3) is 3.80. The lowest BCUT2D eigenvalue weighted by molar-refractivity contribution is -0.384. The molecule has 0 spiro atoms. The van der Waals surface area contributed by atoms with Gasteiger partial charge in [-0.2, -0.15) is 0 Å². The number of likely N-dealkylation sites (tertiary alicyclic amines) is 1. The van der Waals surface area contributed by atoms with Gasteiger partial charge in [0.25, 0.3) is 0 Å². The highest BCUT2D eigenvalue weighted by Gasteiger charge is 2.22. The summed E-state index contributed by atoms with van der Waals surface area (Å²) >= 11 is 5.76. The summed E-state index contributed by atoms with van der Waals surface area (Å²) in [6, 6.07) is 1.57. The lowest BCUT2D eigenvalue weighted by atomic mass is 10.0. The van der Waals surface area contributed by atoms with Gasteiger partial charge in [-0.1, -0.05) is 18.5 Å². The first-order valence-corrected chi connectivity index (χ1v) is 7.26. The molecule has 2 rings (SSSR count). The predicted octanol–water partition coefficient (Wildman–Crippen LogP) is 2.93. The van der Waals surface area contributed by atoms with Crippen LogP contribution in [-0.4, -0.2) is 40.5 Å². The molecular weight excluding hydrogens is 280 g/mol. The van der Waals surface area contributed by atoms with Crippen molar-refractivity contribution in [3.05, 3.63) is 27.4 Å². The van der Waals surface area contributed by atoms with Crippen LogP contribution in [0.4, 0.5) is 11.5 Å². The number of piperidine rings is 1. The molecule has 1 aromatic heterocycles. The fourth-order valence-corrected chi connectivity index (χ4v) is 2.64. The van der Waals surface area contributed by atoms with E-state index in [2.05, 4.69) is 22.1 Å². The second-order valence-corrected chi connectivity index (χ2v) is 5.48. The minimum atomic E-state index is -0.451. The van der Waals surface area contributed by atoms with E-state index < -0.39 is 4.92 Å². The maximum Gasteiger partial charge on any atom is 0.312 e. The number of nitrogens with zero attached hydrogens (tertiary/aromatic N) is 3. The molecule has 1 saturated heterocycles. The van der Waals surface area contributed by atoms with Crippen molar-refractivity contribution in [2.75, 3.05) is 25.0 Å². The van der Waals surface area contributed by atoms with Crippen molar-refractivity contribution in [2.45, 2.75) is 32.2 Å². The largest absolute Gasteiger partial charge is 0.362 e. The van der Waals surface area contributed by atoms with Crippen molar-refractivity contribution in [2.24, 2.45) is 0 Å². The minimum Gasteiger partial charge on any atom is -0.362 e. The Morgan fingerprint density at radius 2 is 2.25 bits per heavy atom. The Balaban J connectivity index is 1.99. The summed E-state index contributed by atoms with van der Waals surface area (Å²) in [6.45, 7) is 5.33. The van der Waals surface area contributed by atoms with Crippen LogP contribution < -0.4 is 5.32 Å². The predicted molar refractivity (Wildman–Crippen MR) is 79.3 cm³/mol. The maximum absolute atomic E-state index is 11.0. The summed E-state index contributed by atoms with van der Waals surface area (Å²) in [7, 11) is 0. The average molecular weight is 299 g/mol. The zero-order valence-corrected chi connectivity index (χ0v) is 12.3. The van der Waals surface area contributed by atoms with Crippen molar-refractivity contribution in [3.63, 3.8) is 0 Å². The van der Waals surface area contributed by atoms with Crippen LogP contribution in [0.5, 0.6) is 0 Å². The Morgan fingerprint density at radius 3 is 2.85 bits per heavy atom. The molecule has 20 heavy (non-hydrogen) atoms. The van der Waals surface area contributed by atoms with Gasteiger partial charge in [0.2, 0.25) is 5.82 Å². The standard InChI is InChI=1S/C13H19ClN4O2/c1-2-5-17-6-3-11(4-7-17)16-13-12(18(19)20)8-10(14)9-15-13/h8-9,11H,2-7H2,1H3,(H,15,16). The van der Waals surface area contributed by atoms with Crippen molar-refractivity contribution in [1.29, 1.82) is 0 Å². The van der Waals surface area contributed by atoms with Crippen LogP contribution in [0.25, 0.3) is 0 Å². The lowest BCUT2D eigenvalue weighted by Gasteiger charge is -2.32. The van der Waals surface area contributed by atoms with Gasteiger partial charge in [-0.3, -0.25) is 10.1 Å². The highest BCUT2D eigenvalue weighted by Crippen LogP contribution is 2.27. The topological polar surface area (TPSA) is 71.3 Å².